The summed E-state index contributed by atoms with van der Waals surface area (Å²) in [5, 5.41) is 0.492. The molecule has 2 rings (SSSR count). The van der Waals surface area contributed by atoms with Crippen LogP contribution in [0.1, 0.15) is 51.7 Å². The zero-order chi connectivity index (χ0) is 23.1. The summed E-state index contributed by atoms with van der Waals surface area (Å²) in [7, 11) is 18.9. The van der Waals surface area contributed by atoms with E-state index in [9.17, 15) is 0 Å². The minimum atomic E-state index is -0.106. The quantitative estimate of drug-likeness (QED) is 0.265. The third-order valence-electron chi connectivity index (χ3n) is 4.90. The zero-order valence-electron chi connectivity index (χ0n) is 19.7. The van der Waals surface area contributed by atoms with Gasteiger partial charge in [0.05, 0.1) is 0 Å². The third-order valence-corrected chi connectivity index (χ3v) is 6.59. The monoisotopic (exact) mass is 560 g/mol. The van der Waals surface area contributed by atoms with Gasteiger partial charge in [0.2, 0.25) is 0 Å². The fourth-order valence-electron chi connectivity index (χ4n) is 3.99. The molecule has 0 heterocycles. The molecule has 6 heteroatoms. The molecule has 0 aliphatic rings. The Kier molecular flexibility index (Phi) is 11.2. The van der Waals surface area contributed by atoms with Gasteiger partial charge in [0.15, 0.2) is 0 Å². The van der Waals surface area contributed by atoms with Crippen molar-refractivity contribution in [2.24, 2.45) is 0 Å². The molecule has 0 spiro atoms. The first-order valence-electron chi connectivity index (χ1n) is 9.98. The molecule has 172 valence electrons. The fourth-order valence-corrected chi connectivity index (χ4v) is 6.40. The van der Waals surface area contributed by atoms with Crippen LogP contribution < -0.4 is 9.80 Å². The van der Waals surface area contributed by atoms with Crippen LogP contribution in [-0.2, 0) is 15.9 Å². The average Bonchev–Trinajstić information content (AvgIpc) is 2.61. The van der Waals surface area contributed by atoms with Crippen LogP contribution >= 0.6 is 27.6 Å². The van der Waals surface area contributed by atoms with E-state index in [1.807, 2.05) is 0 Å². The second-order valence-electron chi connectivity index (χ2n) is 9.55. The van der Waals surface area contributed by atoms with Gasteiger partial charge in [0, 0.05) is 45.5 Å². The van der Waals surface area contributed by atoms with Gasteiger partial charge >= 0.3 is 35.0 Å². The predicted molar refractivity (Wildman–Crippen MR) is 137 cm³/mol. The van der Waals surface area contributed by atoms with Crippen molar-refractivity contribution in [2.75, 3.05) is 38.0 Å². The van der Waals surface area contributed by atoms with Gasteiger partial charge in [-0.2, -0.15) is 0 Å². The van der Waals surface area contributed by atoms with Gasteiger partial charge in [-0.1, -0.05) is 58.9 Å². The van der Waals surface area contributed by atoms with Gasteiger partial charge in [0.1, 0.15) is 0 Å². The summed E-state index contributed by atoms with van der Waals surface area (Å²) in [6, 6.07) is 18.2. The molecule has 2 aromatic rings. The van der Waals surface area contributed by atoms with E-state index in [-0.39, 0.29) is 21.1 Å². The van der Waals surface area contributed by atoms with E-state index >= 15 is 0 Å². The number of rotatable bonds is 6. The molecule has 0 saturated carbocycles. The number of anilines is 2. The molecule has 0 aliphatic heterocycles. The van der Waals surface area contributed by atoms with Crippen molar-refractivity contribution < 1.29 is 15.9 Å². The molecule has 2 aromatic carbocycles. The van der Waals surface area contributed by atoms with Crippen molar-refractivity contribution in [2.45, 2.75) is 50.8 Å². The van der Waals surface area contributed by atoms with Gasteiger partial charge < -0.3 is 9.80 Å². The van der Waals surface area contributed by atoms with Crippen molar-refractivity contribution in [3.8, 4) is 0 Å². The second kappa shape index (κ2) is 12.1. The topological polar surface area (TPSA) is 6.48 Å². The molecule has 1 atom stereocenters. The molecule has 0 saturated heterocycles. The van der Waals surface area contributed by atoms with Crippen LogP contribution in [-0.4, -0.2) is 38.5 Å². The zero-order valence-corrected chi connectivity index (χ0v) is 23.7. The molecule has 1 unspecified atom stereocenters. The van der Waals surface area contributed by atoms with Gasteiger partial charge in [-0.3, -0.25) is 0 Å². The van der Waals surface area contributed by atoms with Crippen LogP contribution in [0.2, 0.25) is 0 Å². The first-order valence-corrected chi connectivity index (χ1v) is 15.0. The number of hydrogen-bond donors (Lipinski definition) is 0. The molecule has 0 N–H and O–H groups in total. The number of benzene rings is 2. The number of halogens is 2. The van der Waals surface area contributed by atoms with Crippen molar-refractivity contribution in [3.05, 3.63) is 59.7 Å². The van der Waals surface area contributed by atoms with E-state index in [1.165, 1.54) is 22.5 Å². The third kappa shape index (κ3) is 8.69. The van der Waals surface area contributed by atoms with Crippen molar-refractivity contribution >= 4 is 39.0 Å². The molecular weight excluding hydrogens is 525 g/mol. The number of nitrogens with zero attached hydrogens (tertiary/aromatic N) is 2. The normalized spacial score (nSPS) is 12.3. The first-order chi connectivity index (χ1) is 13.8. The minimum absolute atomic E-state index is 0.106. The summed E-state index contributed by atoms with van der Waals surface area (Å²) in [4.78, 5) is 4.32. The summed E-state index contributed by atoms with van der Waals surface area (Å²) < 4.78 is 0. The molecule has 0 aliphatic carbocycles. The molecular formula is C24H37Cl2N2PPd. The predicted octanol–water partition coefficient (Wildman–Crippen LogP) is 7.58. The molecule has 30 heavy (non-hydrogen) atoms. The Hall–Kier alpha value is -0.288. The Morgan fingerprint density at radius 2 is 1.00 bits per heavy atom. The van der Waals surface area contributed by atoms with Crippen molar-refractivity contribution in [3.63, 3.8) is 0 Å². The van der Waals surface area contributed by atoms with Gasteiger partial charge in [-0.05, 0) is 45.7 Å². The van der Waals surface area contributed by atoms with Gasteiger partial charge in [-0.15, -0.1) is 8.58 Å². The Bertz CT molecular complexity index is 703. The SMILES string of the molecule is CN(C)c1ccc(C(c2ccc(N(C)C)cc2)C(C)(C)PC(C)(C)C)cc1.[Cl][Pd][Cl]. The van der Waals surface area contributed by atoms with Crippen molar-refractivity contribution in [1.82, 2.24) is 0 Å². The van der Waals surface area contributed by atoms with E-state index in [4.69, 9.17) is 19.1 Å². The molecule has 0 bridgehead atoms. The maximum atomic E-state index is 4.81. The summed E-state index contributed by atoms with van der Waals surface area (Å²) in [6.45, 7) is 11.9. The summed E-state index contributed by atoms with van der Waals surface area (Å²) in [5.74, 6) is 0.377. The standard InChI is InChI=1S/C24H37N2P.2ClH.Pd/c1-23(2,3)27-24(4,5)22(18-10-14-20(15-11-18)25(6)7)19-12-16-21(17-13-19)26(8)9;;;/h10-17,22,27H,1-9H3;2*1H;/q;;;+2/p-2. The second-order valence-corrected chi connectivity index (χ2v) is 14.9. The van der Waals surface area contributed by atoms with E-state index in [1.54, 1.807) is 0 Å². The fraction of sp³-hybridized carbons (Fsp3) is 0.500. The van der Waals surface area contributed by atoms with E-state index in [0.717, 1.165) is 8.58 Å². The number of hydrogen-bond acceptors (Lipinski definition) is 2. The average molecular weight is 562 g/mol. The van der Waals surface area contributed by atoms with Crippen LogP contribution in [0, 0.1) is 0 Å². The van der Waals surface area contributed by atoms with Crippen molar-refractivity contribution in [1.29, 1.82) is 0 Å². The van der Waals surface area contributed by atoms with Crippen LogP contribution in [0.15, 0.2) is 48.5 Å². The first kappa shape index (κ1) is 27.7. The Labute approximate surface area is 202 Å². The molecule has 2 nitrogen and oxygen atoms in total. The van der Waals surface area contributed by atoms with Crippen LogP contribution in [0.4, 0.5) is 11.4 Å². The van der Waals surface area contributed by atoms with Gasteiger partial charge in [-0.25, -0.2) is 0 Å². The van der Waals surface area contributed by atoms with Crippen LogP contribution in [0.3, 0.4) is 0 Å². The van der Waals surface area contributed by atoms with Crippen LogP contribution in [0.25, 0.3) is 0 Å². The Morgan fingerprint density at radius 1 is 0.700 bits per heavy atom. The van der Waals surface area contributed by atoms with Gasteiger partial charge in [0.25, 0.3) is 0 Å². The molecule has 0 radical (unpaired) electrons. The van der Waals surface area contributed by atoms with E-state index in [0.29, 0.717) is 11.1 Å². The Balaban J connectivity index is 0.00000141. The van der Waals surface area contributed by atoms with E-state index in [2.05, 4.69) is 121 Å². The molecule has 0 aromatic heterocycles. The molecule has 0 amide bonds. The van der Waals surface area contributed by atoms with Crippen LogP contribution in [0.5, 0.6) is 0 Å². The summed E-state index contributed by atoms with van der Waals surface area (Å²) in [5.41, 5.74) is 5.30. The Morgan fingerprint density at radius 3 is 1.23 bits per heavy atom. The maximum absolute atomic E-state index is 4.81. The summed E-state index contributed by atoms with van der Waals surface area (Å²) >= 11 is -0.106. The summed E-state index contributed by atoms with van der Waals surface area (Å²) in [6.07, 6.45) is 0. The molecule has 0 fully saturated rings. The van der Waals surface area contributed by atoms with E-state index < -0.39 is 0 Å².